The Morgan fingerprint density at radius 1 is 1.19 bits per heavy atom. The van der Waals surface area contributed by atoms with Gasteiger partial charge in [-0.2, -0.15) is 0 Å². The second-order valence-electron chi connectivity index (χ2n) is 7.30. The largest absolute Gasteiger partial charge is 0.497 e. The Kier molecular flexibility index (Phi) is 6.04. The van der Waals surface area contributed by atoms with Crippen LogP contribution in [0.1, 0.15) is 38.3 Å². The maximum Gasteiger partial charge on any atom is 0.237 e. The van der Waals surface area contributed by atoms with Crippen LogP contribution in [0.25, 0.3) is 0 Å². The van der Waals surface area contributed by atoms with Crippen LogP contribution in [0.4, 0.5) is 0 Å². The molecule has 0 N–H and O–H groups in total. The van der Waals surface area contributed by atoms with Crippen LogP contribution in [-0.4, -0.2) is 68.3 Å². The standard InChI is InChI=1S/C20H30N2O4/c1-14-11-21(12-15(2)26-14)13-20(23)22-9-5-6-18(22)17-10-16(24-3)7-8-19(17)25-4/h7-8,10,14-15,18H,5-6,9,11-13H2,1-4H3. The highest BCUT2D eigenvalue weighted by Gasteiger charge is 2.34. The molecule has 0 aromatic heterocycles. The summed E-state index contributed by atoms with van der Waals surface area (Å²) in [5.74, 6) is 1.78. The van der Waals surface area contributed by atoms with Crippen LogP contribution < -0.4 is 9.47 Å². The summed E-state index contributed by atoms with van der Waals surface area (Å²) in [6, 6.07) is 5.84. The van der Waals surface area contributed by atoms with Gasteiger partial charge in [-0.1, -0.05) is 0 Å². The number of amides is 1. The second kappa shape index (κ2) is 8.27. The molecule has 1 amide bonds. The molecule has 6 heteroatoms. The third-order valence-electron chi connectivity index (χ3n) is 5.22. The van der Waals surface area contributed by atoms with Crippen molar-refractivity contribution < 1.29 is 19.0 Å². The van der Waals surface area contributed by atoms with Gasteiger partial charge in [0.1, 0.15) is 11.5 Å². The zero-order valence-electron chi connectivity index (χ0n) is 16.2. The first kappa shape index (κ1) is 19.0. The Hall–Kier alpha value is -1.79. The van der Waals surface area contributed by atoms with Crippen molar-refractivity contribution in [3.05, 3.63) is 23.8 Å². The fourth-order valence-electron chi connectivity index (χ4n) is 4.18. The molecule has 2 heterocycles. The van der Waals surface area contributed by atoms with Crippen LogP contribution >= 0.6 is 0 Å². The first-order chi connectivity index (χ1) is 12.5. The smallest absolute Gasteiger partial charge is 0.237 e. The van der Waals surface area contributed by atoms with E-state index in [1.807, 2.05) is 23.1 Å². The molecule has 0 aliphatic carbocycles. The number of hydrogen-bond acceptors (Lipinski definition) is 5. The summed E-state index contributed by atoms with van der Waals surface area (Å²) in [6.07, 6.45) is 2.29. The van der Waals surface area contributed by atoms with Gasteiger partial charge in [-0.05, 0) is 44.9 Å². The van der Waals surface area contributed by atoms with Crippen LogP contribution in [0.2, 0.25) is 0 Å². The summed E-state index contributed by atoms with van der Waals surface area (Å²) >= 11 is 0. The van der Waals surface area contributed by atoms with E-state index in [1.54, 1.807) is 14.2 Å². The average molecular weight is 362 g/mol. The third kappa shape index (κ3) is 4.13. The second-order valence-corrected chi connectivity index (χ2v) is 7.30. The zero-order chi connectivity index (χ0) is 18.7. The molecule has 2 fully saturated rings. The van der Waals surface area contributed by atoms with Gasteiger partial charge in [-0.25, -0.2) is 0 Å². The van der Waals surface area contributed by atoms with Gasteiger partial charge in [0.2, 0.25) is 5.91 Å². The van der Waals surface area contributed by atoms with E-state index < -0.39 is 0 Å². The van der Waals surface area contributed by atoms with E-state index in [0.717, 1.165) is 49.5 Å². The van der Waals surface area contributed by atoms with Gasteiger partial charge in [-0.15, -0.1) is 0 Å². The summed E-state index contributed by atoms with van der Waals surface area (Å²) in [7, 11) is 3.33. The van der Waals surface area contributed by atoms with Crippen LogP contribution in [0.3, 0.4) is 0 Å². The van der Waals surface area contributed by atoms with E-state index in [1.165, 1.54) is 0 Å². The number of carbonyl (C=O) groups excluding carboxylic acids is 1. The first-order valence-electron chi connectivity index (χ1n) is 9.41. The molecule has 26 heavy (non-hydrogen) atoms. The number of methoxy groups -OCH3 is 2. The predicted octanol–water partition coefficient (Wildman–Crippen LogP) is 2.48. The number of benzene rings is 1. The van der Waals surface area contributed by atoms with Crippen LogP contribution in [0, 0.1) is 0 Å². The van der Waals surface area contributed by atoms with Gasteiger partial charge >= 0.3 is 0 Å². The molecule has 0 radical (unpaired) electrons. The maximum absolute atomic E-state index is 13.0. The molecule has 3 atom stereocenters. The highest BCUT2D eigenvalue weighted by atomic mass is 16.5. The highest BCUT2D eigenvalue weighted by Crippen LogP contribution is 2.39. The first-order valence-corrected chi connectivity index (χ1v) is 9.41. The van der Waals surface area contributed by atoms with E-state index >= 15 is 0 Å². The molecule has 3 unspecified atom stereocenters. The Morgan fingerprint density at radius 2 is 1.92 bits per heavy atom. The van der Waals surface area contributed by atoms with Gasteiger partial charge in [0.15, 0.2) is 0 Å². The van der Waals surface area contributed by atoms with Gasteiger partial charge in [0.25, 0.3) is 0 Å². The normalized spacial score (nSPS) is 26.8. The van der Waals surface area contributed by atoms with Gasteiger partial charge in [0, 0.05) is 25.2 Å². The molecule has 0 spiro atoms. The van der Waals surface area contributed by atoms with Crippen molar-refractivity contribution in [2.45, 2.75) is 44.9 Å². The predicted molar refractivity (Wildman–Crippen MR) is 99.7 cm³/mol. The number of rotatable bonds is 5. The Labute approximate surface area is 156 Å². The summed E-state index contributed by atoms with van der Waals surface area (Å²) in [5, 5.41) is 0. The van der Waals surface area contributed by atoms with Crippen LogP contribution in [0.15, 0.2) is 18.2 Å². The molecule has 2 aliphatic heterocycles. The van der Waals surface area contributed by atoms with E-state index in [2.05, 4.69) is 18.7 Å². The summed E-state index contributed by atoms with van der Waals surface area (Å²) in [6.45, 7) is 6.97. The van der Waals surface area contributed by atoms with Gasteiger partial charge in [-0.3, -0.25) is 9.69 Å². The molecular formula is C20H30N2O4. The molecule has 0 bridgehead atoms. The van der Waals surface area contributed by atoms with E-state index in [4.69, 9.17) is 14.2 Å². The van der Waals surface area contributed by atoms with Crippen molar-refractivity contribution in [2.24, 2.45) is 0 Å². The Balaban J connectivity index is 1.74. The SMILES string of the molecule is COc1ccc(OC)c(C2CCCN2C(=O)CN2CC(C)OC(C)C2)c1. The Bertz CT molecular complexity index is 626. The lowest BCUT2D eigenvalue weighted by atomic mass is 10.0. The Morgan fingerprint density at radius 3 is 2.58 bits per heavy atom. The average Bonchev–Trinajstić information content (AvgIpc) is 3.10. The van der Waals surface area contributed by atoms with Gasteiger partial charge in [0.05, 0.1) is 39.0 Å². The fourth-order valence-corrected chi connectivity index (χ4v) is 4.18. The molecular weight excluding hydrogens is 332 g/mol. The molecule has 2 saturated heterocycles. The zero-order valence-corrected chi connectivity index (χ0v) is 16.2. The number of likely N-dealkylation sites (tertiary alicyclic amines) is 1. The van der Waals surface area contributed by atoms with Gasteiger partial charge < -0.3 is 19.1 Å². The summed E-state index contributed by atoms with van der Waals surface area (Å²) in [5.41, 5.74) is 1.03. The third-order valence-corrected chi connectivity index (χ3v) is 5.22. The number of hydrogen-bond donors (Lipinski definition) is 0. The lowest BCUT2D eigenvalue weighted by molar-refractivity contribution is -0.136. The van der Waals surface area contributed by atoms with Crippen molar-refractivity contribution in [3.8, 4) is 11.5 Å². The molecule has 1 aromatic rings. The number of morpholine rings is 1. The minimum absolute atomic E-state index is 0.0448. The highest BCUT2D eigenvalue weighted by molar-refractivity contribution is 5.79. The molecule has 144 valence electrons. The number of ether oxygens (including phenoxy) is 3. The quantitative estimate of drug-likeness (QED) is 0.805. The number of nitrogens with zero attached hydrogens (tertiary/aromatic N) is 2. The molecule has 6 nitrogen and oxygen atoms in total. The summed E-state index contributed by atoms with van der Waals surface area (Å²) < 4.78 is 16.7. The topological polar surface area (TPSA) is 51.2 Å². The van der Waals surface area contributed by atoms with Crippen molar-refractivity contribution in [1.82, 2.24) is 9.80 Å². The van der Waals surface area contributed by atoms with Crippen molar-refractivity contribution >= 4 is 5.91 Å². The monoisotopic (exact) mass is 362 g/mol. The van der Waals surface area contributed by atoms with E-state index in [-0.39, 0.29) is 24.2 Å². The van der Waals surface area contributed by atoms with Crippen molar-refractivity contribution in [1.29, 1.82) is 0 Å². The van der Waals surface area contributed by atoms with E-state index in [0.29, 0.717) is 6.54 Å². The van der Waals surface area contributed by atoms with Crippen LogP contribution in [0.5, 0.6) is 11.5 Å². The summed E-state index contributed by atoms with van der Waals surface area (Å²) in [4.78, 5) is 17.2. The fraction of sp³-hybridized carbons (Fsp3) is 0.650. The molecule has 3 rings (SSSR count). The van der Waals surface area contributed by atoms with Crippen LogP contribution in [-0.2, 0) is 9.53 Å². The molecule has 0 saturated carbocycles. The molecule has 1 aromatic carbocycles. The maximum atomic E-state index is 13.0. The minimum atomic E-state index is 0.0448. The number of carbonyl (C=O) groups is 1. The van der Waals surface area contributed by atoms with E-state index in [9.17, 15) is 4.79 Å². The van der Waals surface area contributed by atoms with Crippen molar-refractivity contribution in [2.75, 3.05) is 40.4 Å². The lowest BCUT2D eigenvalue weighted by Crippen LogP contribution is -2.49. The lowest BCUT2D eigenvalue weighted by Gasteiger charge is -2.36. The minimum Gasteiger partial charge on any atom is -0.497 e. The van der Waals surface area contributed by atoms with Crippen molar-refractivity contribution in [3.63, 3.8) is 0 Å². The molecule has 2 aliphatic rings.